The normalized spacial score (nSPS) is 11.8. The van der Waals surface area contributed by atoms with E-state index in [1.807, 2.05) is 20.8 Å². The minimum atomic E-state index is -0.467. The summed E-state index contributed by atoms with van der Waals surface area (Å²) in [5, 5.41) is 0.508. The van der Waals surface area contributed by atoms with E-state index in [1.165, 1.54) is 17.4 Å². The summed E-state index contributed by atoms with van der Waals surface area (Å²) >= 11 is 1.26. The Kier molecular flexibility index (Phi) is 3.60. The minimum Gasteiger partial charge on any atom is -0.268 e. The van der Waals surface area contributed by atoms with Gasteiger partial charge in [0.2, 0.25) is 0 Å². The van der Waals surface area contributed by atoms with Crippen LogP contribution < -0.4 is 5.48 Å². The Morgan fingerprint density at radius 1 is 1.37 bits per heavy atom. The van der Waals surface area contributed by atoms with E-state index in [4.69, 9.17) is 4.84 Å². The van der Waals surface area contributed by atoms with E-state index >= 15 is 0 Å². The van der Waals surface area contributed by atoms with Crippen molar-refractivity contribution in [1.29, 1.82) is 0 Å². The van der Waals surface area contributed by atoms with E-state index in [9.17, 15) is 9.18 Å². The molecule has 0 atom stereocenters. The monoisotopic (exact) mass is 281 g/mol. The quantitative estimate of drug-likeness (QED) is 0.850. The van der Waals surface area contributed by atoms with Crippen molar-refractivity contribution >= 4 is 27.3 Å². The number of thiophene rings is 1. The van der Waals surface area contributed by atoms with Gasteiger partial charge in [0.1, 0.15) is 5.82 Å². The summed E-state index contributed by atoms with van der Waals surface area (Å²) in [7, 11) is 0. The number of nitrogens with one attached hydrogen (secondary N) is 1. The van der Waals surface area contributed by atoms with Crippen LogP contribution in [0.4, 0.5) is 4.39 Å². The number of halogens is 1. The number of hydroxylamine groups is 1. The lowest BCUT2D eigenvalue weighted by atomic mass is 10.1. The number of aryl methyl sites for hydroxylation is 1. The number of hydrogen-bond donors (Lipinski definition) is 1. The van der Waals surface area contributed by atoms with Crippen LogP contribution in [0.15, 0.2) is 18.2 Å². The molecule has 1 heterocycles. The van der Waals surface area contributed by atoms with Crippen LogP contribution in [0.2, 0.25) is 0 Å². The standard InChI is InChI=1S/C14H16FNO2S/c1-8-11-9(15)6-5-7-10(11)19-12(8)13(17)16-18-14(2,3)4/h5-7H,1-4H3,(H,16,17). The second-order valence-electron chi connectivity index (χ2n) is 5.31. The van der Waals surface area contributed by atoms with Gasteiger partial charge in [-0.05, 0) is 45.4 Å². The molecule has 2 rings (SSSR count). The zero-order chi connectivity index (χ0) is 14.2. The maximum atomic E-state index is 13.7. The van der Waals surface area contributed by atoms with Crippen LogP contribution in [-0.2, 0) is 4.84 Å². The van der Waals surface area contributed by atoms with Crippen LogP contribution in [-0.4, -0.2) is 11.5 Å². The third kappa shape index (κ3) is 2.93. The average Bonchev–Trinajstić information content (AvgIpc) is 2.64. The summed E-state index contributed by atoms with van der Waals surface area (Å²) < 4.78 is 14.5. The SMILES string of the molecule is Cc1c(C(=O)NOC(C)(C)C)sc2cccc(F)c12. The molecule has 1 aromatic heterocycles. The molecule has 0 aliphatic heterocycles. The van der Waals surface area contributed by atoms with Crippen molar-refractivity contribution in [3.8, 4) is 0 Å². The van der Waals surface area contributed by atoms with Crippen LogP contribution in [0, 0.1) is 12.7 Å². The fraction of sp³-hybridized carbons (Fsp3) is 0.357. The molecule has 0 aliphatic rings. The number of amides is 1. The molecule has 19 heavy (non-hydrogen) atoms. The largest absolute Gasteiger partial charge is 0.285 e. The van der Waals surface area contributed by atoms with E-state index in [0.717, 1.165) is 4.70 Å². The Bertz CT molecular complexity index is 628. The second kappa shape index (κ2) is 4.90. The van der Waals surface area contributed by atoms with E-state index in [2.05, 4.69) is 5.48 Å². The maximum Gasteiger partial charge on any atom is 0.285 e. The predicted molar refractivity (Wildman–Crippen MR) is 74.8 cm³/mol. The highest BCUT2D eigenvalue weighted by Crippen LogP contribution is 2.32. The molecule has 1 N–H and O–H groups in total. The third-order valence-electron chi connectivity index (χ3n) is 2.56. The minimum absolute atomic E-state index is 0.304. The third-order valence-corrected chi connectivity index (χ3v) is 3.81. The highest BCUT2D eigenvalue weighted by molar-refractivity contribution is 7.21. The van der Waals surface area contributed by atoms with E-state index < -0.39 is 5.60 Å². The summed E-state index contributed by atoms with van der Waals surface area (Å²) in [5.74, 6) is -0.643. The molecule has 0 fully saturated rings. The van der Waals surface area contributed by atoms with Gasteiger partial charge in [-0.1, -0.05) is 6.07 Å². The van der Waals surface area contributed by atoms with Gasteiger partial charge in [0, 0.05) is 10.1 Å². The lowest BCUT2D eigenvalue weighted by Crippen LogP contribution is -2.33. The fourth-order valence-electron chi connectivity index (χ4n) is 1.72. The van der Waals surface area contributed by atoms with Crippen molar-refractivity contribution < 1.29 is 14.0 Å². The van der Waals surface area contributed by atoms with E-state index in [1.54, 1.807) is 19.1 Å². The van der Waals surface area contributed by atoms with Crippen LogP contribution in [0.25, 0.3) is 10.1 Å². The first-order valence-electron chi connectivity index (χ1n) is 5.95. The highest BCUT2D eigenvalue weighted by atomic mass is 32.1. The molecule has 2 aromatic rings. The molecule has 0 aliphatic carbocycles. The molecule has 0 bridgehead atoms. The molecule has 0 radical (unpaired) electrons. The molecule has 0 spiro atoms. The first kappa shape index (κ1) is 14.0. The van der Waals surface area contributed by atoms with Crippen LogP contribution in [0.1, 0.15) is 36.0 Å². The molecular weight excluding hydrogens is 265 g/mol. The van der Waals surface area contributed by atoms with Gasteiger partial charge in [0.05, 0.1) is 10.5 Å². The molecule has 3 nitrogen and oxygen atoms in total. The number of benzene rings is 1. The van der Waals surface area contributed by atoms with Crippen molar-refractivity contribution in [2.75, 3.05) is 0 Å². The number of rotatable bonds is 2. The van der Waals surface area contributed by atoms with Crippen LogP contribution in [0.5, 0.6) is 0 Å². The smallest absolute Gasteiger partial charge is 0.268 e. The number of fused-ring (bicyclic) bond motifs is 1. The fourth-order valence-corrected chi connectivity index (χ4v) is 2.82. The zero-order valence-electron chi connectivity index (χ0n) is 11.3. The van der Waals surface area contributed by atoms with Crippen molar-refractivity contribution in [2.24, 2.45) is 0 Å². The van der Waals surface area contributed by atoms with Gasteiger partial charge < -0.3 is 0 Å². The van der Waals surface area contributed by atoms with Crippen molar-refractivity contribution in [3.63, 3.8) is 0 Å². The topological polar surface area (TPSA) is 38.3 Å². The second-order valence-corrected chi connectivity index (χ2v) is 6.37. The van der Waals surface area contributed by atoms with Crippen LogP contribution in [0.3, 0.4) is 0 Å². The van der Waals surface area contributed by atoms with Gasteiger partial charge in [0.15, 0.2) is 0 Å². The maximum absolute atomic E-state index is 13.7. The molecule has 102 valence electrons. The summed E-state index contributed by atoms with van der Waals surface area (Å²) in [6, 6.07) is 4.84. The first-order valence-corrected chi connectivity index (χ1v) is 6.77. The van der Waals surface area contributed by atoms with Crippen molar-refractivity contribution in [2.45, 2.75) is 33.3 Å². The molecular formula is C14H16FNO2S. The Morgan fingerprint density at radius 3 is 2.63 bits per heavy atom. The van der Waals surface area contributed by atoms with Gasteiger partial charge in [-0.25, -0.2) is 9.87 Å². The molecule has 1 aromatic carbocycles. The summed E-state index contributed by atoms with van der Waals surface area (Å²) in [6.45, 7) is 7.26. The molecule has 1 amide bonds. The van der Waals surface area contributed by atoms with Gasteiger partial charge in [-0.15, -0.1) is 11.3 Å². The van der Waals surface area contributed by atoms with Gasteiger partial charge in [-0.2, -0.15) is 0 Å². The molecule has 5 heteroatoms. The van der Waals surface area contributed by atoms with Gasteiger partial charge in [-0.3, -0.25) is 9.63 Å². The van der Waals surface area contributed by atoms with Crippen LogP contribution >= 0.6 is 11.3 Å². The predicted octanol–water partition coefficient (Wildman–Crippen LogP) is 3.81. The van der Waals surface area contributed by atoms with Crippen molar-refractivity contribution in [3.05, 3.63) is 34.5 Å². The highest BCUT2D eigenvalue weighted by Gasteiger charge is 2.20. The lowest BCUT2D eigenvalue weighted by molar-refractivity contribution is -0.0588. The zero-order valence-corrected chi connectivity index (χ0v) is 12.2. The lowest BCUT2D eigenvalue weighted by Gasteiger charge is -2.18. The Hall–Kier alpha value is -1.46. The summed E-state index contributed by atoms with van der Waals surface area (Å²) in [6.07, 6.45) is 0. The number of carbonyl (C=O) groups is 1. The Balaban J connectivity index is 2.33. The number of carbonyl (C=O) groups excluding carboxylic acids is 1. The Morgan fingerprint density at radius 2 is 2.05 bits per heavy atom. The van der Waals surface area contributed by atoms with Gasteiger partial charge >= 0.3 is 0 Å². The Labute approximate surface area is 115 Å². The average molecular weight is 281 g/mol. The molecule has 0 saturated carbocycles. The molecule has 0 unspecified atom stereocenters. The number of hydrogen-bond acceptors (Lipinski definition) is 3. The van der Waals surface area contributed by atoms with Gasteiger partial charge in [0.25, 0.3) is 5.91 Å². The molecule has 0 saturated heterocycles. The van der Waals surface area contributed by atoms with E-state index in [0.29, 0.717) is 15.8 Å². The van der Waals surface area contributed by atoms with E-state index in [-0.39, 0.29) is 11.7 Å². The first-order chi connectivity index (χ1) is 8.79. The summed E-state index contributed by atoms with van der Waals surface area (Å²) in [5.41, 5.74) is 2.59. The summed E-state index contributed by atoms with van der Waals surface area (Å²) in [4.78, 5) is 17.8. The van der Waals surface area contributed by atoms with Crippen molar-refractivity contribution in [1.82, 2.24) is 5.48 Å².